The molecule has 1 rings (SSSR count). The number of nitrogens with one attached hydrogen (secondary N) is 1. The van der Waals surface area contributed by atoms with Crippen LogP contribution in [0.2, 0.25) is 0 Å². The summed E-state index contributed by atoms with van der Waals surface area (Å²) in [6, 6.07) is 1.81. The second-order valence-corrected chi connectivity index (χ2v) is 4.39. The van der Waals surface area contributed by atoms with Crippen LogP contribution in [-0.4, -0.2) is 30.2 Å². The number of hydrogen-bond donors (Lipinski definition) is 2. The molecule has 6 heteroatoms. The van der Waals surface area contributed by atoms with Crippen LogP contribution >= 0.6 is 11.3 Å². The summed E-state index contributed by atoms with van der Waals surface area (Å²) >= 11 is 1.47. The van der Waals surface area contributed by atoms with Crippen LogP contribution < -0.4 is 5.32 Å². The van der Waals surface area contributed by atoms with Gasteiger partial charge >= 0.3 is 5.97 Å². The minimum absolute atomic E-state index is 0.0438. The molecule has 1 aromatic rings. The first kappa shape index (κ1) is 14.4. The van der Waals surface area contributed by atoms with Crippen molar-refractivity contribution in [2.75, 3.05) is 13.2 Å². The Hall–Kier alpha value is -1.66. The minimum Gasteiger partial charge on any atom is -0.478 e. The Bertz CT molecular complexity index is 439. The lowest BCUT2D eigenvalue weighted by molar-refractivity contribution is -0.131. The van der Waals surface area contributed by atoms with Gasteiger partial charge in [-0.25, -0.2) is 4.79 Å². The Morgan fingerprint density at radius 2 is 2.33 bits per heavy atom. The second-order valence-electron chi connectivity index (χ2n) is 3.38. The maximum atomic E-state index is 11.3. The molecule has 0 aliphatic rings. The van der Waals surface area contributed by atoms with Crippen molar-refractivity contribution >= 4 is 29.3 Å². The van der Waals surface area contributed by atoms with E-state index in [0.717, 1.165) is 16.5 Å². The molecule has 1 amide bonds. The average molecular weight is 269 g/mol. The first-order valence-corrected chi connectivity index (χ1v) is 6.33. The maximum Gasteiger partial charge on any atom is 0.328 e. The fourth-order valence-electron chi connectivity index (χ4n) is 1.23. The van der Waals surface area contributed by atoms with E-state index in [-0.39, 0.29) is 12.5 Å². The third-order valence-corrected chi connectivity index (χ3v) is 3.01. The van der Waals surface area contributed by atoms with E-state index < -0.39 is 5.97 Å². The van der Waals surface area contributed by atoms with Gasteiger partial charge in [0.15, 0.2) is 0 Å². The number of hydrogen-bond acceptors (Lipinski definition) is 4. The number of carbonyl (C=O) groups is 2. The summed E-state index contributed by atoms with van der Waals surface area (Å²) in [5, 5.41) is 13.1. The molecule has 0 radical (unpaired) electrons. The van der Waals surface area contributed by atoms with Gasteiger partial charge in [0.05, 0.1) is 6.54 Å². The Morgan fingerprint density at radius 3 is 3.00 bits per heavy atom. The average Bonchev–Trinajstić information content (AvgIpc) is 2.78. The third kappa shape index (κ3) is 5.11. The van der Waals surface area contributed by atoms with E-state index in [1.54, 1.807) is 0 Å². The number of aliphatic carboxylic acids is 1. The van der Waals surface area contributed by atoms with Crippen LogP contribution in [-0.2, 0) is 20.9 Å². The molecule has 0 atom stereocenters. The zero-order valence-corrected chi connectivity index (χ0v) is 10.8. The largest absolute Gasteiger partial charge is 0.478 e. The quantitative estimate of drug-likeness (QED) is 0.735. The van der Waals surface area contributed by atoms with Crippen molar-refractivity contribution in [2.24, 2.45) is 0 Å². The molecule has 1 aromatic heterocycles. The molecule has 0 bridgehead atoms. The van der Waals surface area contributed by atoms with Crippen LogP contribution in [0.4, 0.5) is 0 Å². The number of thiophene rings is 1. The highest BCUT2D eigenvalue weighted by molar-refractivity contribution is 7.10. The minimum atomic E-state index is -0.993. The van der Waals surface area contributed by atoms with E-state index in [2.05, 4.69) is 5.32 Å². The number of carboxylic acids is 1. The van der Waals surface area contributed by atoms with Gasteiger partial charge in [-0.15, -0.1) is 11.3 Å². The van der Waals surface area contributed by atoms with Crippen molar-refractivity contribution in [3.8, 4) is 0 Å². The molecular formula is C12H15NO4S. The molecule has 0 aromatic carbocycles. The van der Waals surface area contributed by atoms with Crippen molar-refractivity contribution in [2.45, 2.75) is 13.5 Å². The number of rotatable bonds is 7. The molecule has 18 heavy (non-hydrogen) atoms. The Labute approximate surface area is 109 Å². The zero-order chi connectivity index (χ0) is 13.4. The highest BCUT2D eigenvalue weighted by Crippen LogP contribution is 2.18. The highest BCUT2D eigenvalue weighted by atomic mass is 32.1. The summed E-state index contributed by atoms with van der Waals surface area (Å²) in [4.78, 5) is 22.7. The predicted molar refractivity (Wildman–Crippen MR) is 69.3 cm³/mol. The Balaban J connectivity index is 2.50. The maximum absolute atomic E-state index is 11.3. The molecular weight excluding hydrogens is 254 g/mol. The van der Waals surface area contributed by atoms with E-state index in [1.807, 2.05) is 18.4 Å². The van der Waals surface area contributed by atoms with Gasteiger partial charge in [-0.2, -0.15) is 0 Å². The van der Waals surface area contributed by atoms with Crippen molar-refractivity contribution in [3.05, 3.63) is 28.0 Å². The van der Waals surface area contributed by atoms with Crippen LogP contribution in [0.25, 0.3) is 6.08 Å². The van der Waals surface area contributed by atoms with E-state index in [0.29, 0.717) is 13.2 Å². The summed E-state index contributed by atoms with van der Waals surface area (Å²) in [6.07, 6.45) is 2.59. The number of carbonyl (C=O) groups excluding carboxylic acids is 1. The highest BCUT2D eigenvalue weighted by Gasteiger charge is 2.05. The molecule has 0 spiro atoms. The molecule has 0 fully saturated rings. The normalized spacial score (nSPS) is 10.7. The molecule has 2 N–H and O–H groups in total. The van der Waals surface area contributed by atoms with Gasteiger partial charge in [0, 0.05) is 17.6 Å². The van der Waals surface area contributed by atoms with Crippen molar-refractivity contribution < 1.29 is 19.4 Å². The molecule has 1 heterocycles. The first-order valence-electron chi connectivity index (χ1n) is 5.45. The van der Waals surface area contributed by atoms with Crippen molar-refractivity contribution in [3.63, 3.8) is 0 Å². The molecule has 5 nitrogen and oxygen atoms in total. The number of ether oxygens (including phenoxy) is 1. The number of amides is 1. The van der Waals surface area contributed by atoms with Gasteiger partial charge < -0.3 is 15.2 Å². The molecule has 0 aliphatic heterocycles. The molecule has 98 valence electrons. The predicted octanol–water partition coefficient (Wildman–Crippen LogP) is 1.50. The fourth-order valence-corrected chi connectivity index (χ4v) is 2.03. The van der Waals surface area contributed by atoms with E-state index in [1.165, 1.54) is 17.4 Å². The lowest BCUT2D eigenvalue weighted by Crippen LogP contribution is -2.26. The summed E-state index contributed by atoms with van der Waals surface area (Å²) in [7, 11) is 0. The lowest BCUT2D eigenvalue weighted by atomic mass is 10.2. The van der Waals surface area contributed by atoms with Gasteiger partial charge in [-0.1, -0.05) is 0 Å². The Kier molecular flexibility index (Phi) is 6.10. The third-order valence-electron chi connectivity index (χ3n) is 2.07. The topological polar surface area (TPSA) is 75.6 Å². The van der Waals surface area contributed by atoms with Gasteiger partial charge in [-0.3, -0.25) is 4.79 Å². The molecule has 0 saturated carbocycles. The first-order chi connectivity index (χ1) is 8.63. The van der Waals surface area contributed by atoms with Crippen LogP contribution in [0.3, 0.4) is 0 Å². The summed E-state index contributed by atoms with van der Waals surface area (Å²) in [6.45, 7) is 2.74. The van der Waals surface area contributed by atoms with Crippen molar-refractivity contribution in [1.29, 1.82) is 0 Å². The monoisotopic (exact) mass is 269 g/mol. The van der Waals surface area contributed by atoms with Crippen LogP contribution in [0.15, 0.2) is 17.5 Å². The van der Waals surface area contributed by atoms with Gasteiger partial charge in [0.1, 0.15) is 6.61 Å². The summed E-state index contributed by atoms with van der Waals surface area (Å²) < 4.78 is 4.97. The standard InChI is InChI=1S/C12H15NO4S/c1-2-17-8-11(14)13-7-10-9(5-6-18-10)3-4-12(15)16/h3-6H,2,7-8H2,1H3,(H,13,14)(H,15,16). The van der Waals surface area contributed by atoms with Gasteiger partial charge in [0.2, 0.25) is 5.91 Å². The SMILES string of the molecule is CCOCC(=O)NCc1sccc1C=CC(=O)O. The van der Waals surface area contributed by atoms with Gasteiger partial charge in [-0.05, 0) is 30.0 Å². The number of carboxylic acid groups (broad SMARTS) is 1. The smallest absolute Gasteiger partial charge is 0.328 e. The zero-order valence-electron chi connectivity index (χ0n) is 10.0. The lowest BCUT2D eigenvalue weighted by Gasteiger charge is -2.04. The van der Waals surface area contributed by atoms with Crippen LogP contribution in [0.1, 0.15) is 17.4 Å². The van der Waals surface area contributed by atoms with E-state index in [9.17, 15) is 9.59 Å². The van der Waals surface area contributed by atoms with E-state index >= 15 is 0 Å². The molecule has 0 aliphatic carbocycles. The Morgan fingerprint density at radius 1 is 1.56 bits per heavy atom. The fraction of sp³-hybridized carbons (Fsp3) is 0.333. The summed E-state index contributed by atoms with van der Waals surface area (Å²) in [5.74, 6) is -1.18. The van der Waals surface area contributed by atoms with E-state index in [4.69, 9.17) is 9.84 Å². The summed E-state index contributed by atoms with van der Waals surface area (Å²) in [5.41, 5.74) is 0.805. The van der Waals surface area contributed by atoms with Crippen LogP contribution in [0.5, 0.6) is 0 Å². The second kappa shape index (κ2) is 7.62. The van der Waals surface area contributed by atoms with Crippen LogP contribution in [0, 0.1) is 0 Å². The molecule has 0 unspecified atom stereocenters. The van der Waals surface area contributed by atoms with Crippen molar-refractivity contribution in [1.82, 2.24) is 5.32 Å². The van der Waals surface area contributed by atoms with Gasteiger partial charge in [0.25, 0.3) is 0 Å². The molecule has 0 saturated heterocycles.